The van der Waals surface area contributed by atoms with Gasteiger partial charge in [-0.2, -0.15) is 0 Å². The largest absolute Gasteiger partial charge is 0.480 e. The molecule has 0 unspecified atom stereocenters. The number of aromatic nitrogens is 2. The fourth-order valence-corrected chi connectivity index (χ4v) is 3.05. The second-order valence-electron chi connectivity index (χ2n) is 4.56. The molecule has 0 saturated heterocycles. The molecule has 0 aliphatic heterocycles. The zero-order valence-electron chi connectivity index (χ0n) is 11.7. The number of thiophene rings is 1. The third-order valence-corrected chi connectivity index (χ3v) is 4.37. The summed E-state index contributed by atoms with van der Waals surface area (Å²) in [5.41, 5.74) is 0.976. The summed E-state index contributed by atoms with van der Waals surface area (Å²) in [6.07, 6.45) is 1.36. The summed E-state index contributed by atoms with van der Waals surface area (Å²) in [6, 6.07) is -0.981. The fourth-order valence-electron chi connectivity index (χ4n) is 2.06. The molecule has 20 heavy (non-hydrogen) atoms. The predicted octanol–water partition coefficient (Wildman–Crippen LogP) is 2.13. The van der Waals surface area contributed by atoms with Gasteiger partial charge in [0.2, 0.25) is 5.91 Å². The SMILES string of the molecule is CC(=O)N(c1ncnc2sc(C)c(C)c12)[C@H](C)C(=O)O. The lowest BCUT2D eigenvalue weighted by Gasteiger charge is -2.24. The number of aliphatic carboxylic acids is 1. The molecule has 106 valence electrons. The number of carbonyl (C=O) groups excluding carboxylic acids is 1. The first-order valence-corrected chi connectivity index (χ1v) is 6.89. The zero-order valence-corrected chi connectivity index (χ0v) is 12.5. The van der Waals surface area contributed by atoms with Gasteiger partial charge in [0.1, 0.15) is 23.0 Å². The van der Waals surface area contributed by atoms with E-state index >= 15 is 0 Å². The lowest BCUT2D eigenvalue weighted by molar-refractivity contribution is -0.139. The number of hydrogen-bond acceptors (Lipinski definition) is 5. The van der Waals surface area contributed by atoms with E-state index in [1.165, 1.54) is 36.4 Å². The van der Waals surface area contributed by atoms with Crippen LogP contribution in [-0.2, 0) is 9.59 Å². The summed E-state index contributed by atoms with van der Waals surface area (Å²) in [7, 11) is 0. The van der Waals surface area contributed by atoms with E-state index in [4.69, 9.17) is 0 Å². The molecule has 2 aromatic heterocycles. The summed E-state index contributed by atoms with van der Waals surface area (Å²) in [5.74, 6) is -1.07. The van der Waals surface area contributed by atoms with E-state index in [1.54, 1.807) is 0 Å². The van der Waals surface area contributed by atoms with Crippen molar-refractivity contribution in [2.45, 2.75) is 33.7 Å². The Labute approximate surface area is 120 Å². The van der Waals surface area contributed by atoms with Gasteiger partial charge in [0.25, 0.3) is 0 Å². The molecule has 0 spiro atoms. The molecule has 1 amide bonds. The average molecular weight is 293 g/mol. The molecule has 0 fully saturated rings. The molecule has 1 atom stereocenters. The molecule has 7 heteroatoms. The van der Waals surface area contributed by atoms with Crippen molar-refractivity contribution in [2.24, 2.45) is 0 Å². The van der Waals surface area contributed by atoms with Crippen LogP contribution in [0.25, 0.3) is 10.2 Å². The number of hydrogen-bond donors (Lipinski definition) is 1. The molecule has 6 nitrogen and oxygen atoms in total. The Kier molecular flexibility index (Phi) is 3.71. The van der Waals surface area contributed by atoms with Crippen LogP contribution in [0, 0.1) is 13.8 Å². The minimum absolute atomic E-state index is 0.358. The van der Waals surface area contributed by atoms with E-state index in [-0.39, 0.29) is 5.91 Å². The van der Waals surface area contributed by atoms with E-state index in [9.17, 15) is 14.7 Å². The first-order chi connectivity index (χ1) is 9.34. The standard InChI is InChI=1S/C13H15N3O3S/c1-6-8(3)20-12-10(6)11(14-5-15-12)16(9(4)17)7(2)13(18)19/h5,7H,1-4H3,(H,18,19)/t7-/m1/s1. The number of rotatable bonds is 3. The fraction of sp³-hybridized carbons (Fsp3) is 0.385. The number of carbonyl (C=O) groups is 2. The van der Waals surface area contributed by atoms with Crippen LogP contribution < -0.4 is 4.90 Å². The molecule has 0 saturated carbocycles. The van der Waals surface area contributed by atoms with Crippen LogP contribution in [-0.4, -0.2) is 33.0 Å². The van der Waals surface area contributed by atoms with Crippen LogP contribution in [0.15, 0.2) is 6.33 Å². The lowest BCUT2D eigenvalue weighted by Crippen LogP contribution is -2.42. The third-order valence-electron chi connectivity index (χ3n) is 3.26. The van der Waals surface area contributed by atoms with Crippen LogP contribution in [0.3, 0.4) is 0 Å². The van der Waals surface area contributed by atoms with E-state index in [0.29, 0.717) is 5.82 Å². The van der Waals surface area contributed by atoms with Crippen molar-refractivity contribution in [1.29, 1.82) is 0 Å². The summed E-state index contributed by atoms with van der Waals surface area (Å²) >= 11 is 1.51. The van der Waals surface area contributed by atoms with Crippen LogP contribution in [0.2, 0.25) is 0 Å². The number of carboxylic acids is 1. The molecule has 1 N–H and O–H groups in total. The van der Waals surface area contributed by atoms with Gasteiger partial charge in [-0.05, 0) is 26.3 Å². The Morgan fingerprint density at radius 2 is 2.00 bits per heavy atom. The van der Waals surface area contributed by atoms with Gasteiger partial charge in [-0.15, -0.1) is 11.3 Å². The second-order valence-corrected chi connectivity index (χ2v) is 5.77. The van der Waals surface area contributed by atoms with Crippen molar-refractivity contribution in [3.63, 3.8) is 0 Å². The number of fused-ring (bicyclic) bond motifs is 1. The van der Waals surface area contributed by atoms with E-state index in [2.05, 4.69) is 9.97 Å². The van der Waals surface area contributed by atoms with Gasteiger partial charge in [-0.1, -0.05) is 0 Å². The van der Waals surface area contributed by atoms with Crippen molar-refractivity contribution in [2.75, 3.05) is 4.90 Å². The Balaban J connectivity index is 2.71. The maximum atomic E-state index is 11.9. The Morgan fingerprint density at radius 1 is 1.35 bits per heavy atom. The van der Waals surface area contributed by atoms with E-state index in [0.717, 1.165) is 20.7 Å². The average Bonchev–Trinajstić information content (AvgIpc) is 2.65. The molecular formula is C13H15N3O3S. The van der Waals surface area contributed by atoms with Crippen molar-refractivity contribution < 1.29 is 14.7 Å². The summed E-state index contributed by atoms with van der Waals surface area (Å²) in [6.45, 7) is 6.68. The zero-order chi connectivity index (χ0) is 15.0. The van der Waals surface area contributed by atoms with Crippen molar-refractivity contribution >= 4 is 39.2 Å². The highest BCUT2D eigenvalue weighted by Crippen LogP contribution is 2.34. The van der Waals surface area contributed by atoms with E-state index < -0.39 is 12.0 Å². The molecule has 0 aromatic carbocycles. The van der Waals surface area contributed by atoms with E-state index in [1.807, 2.05) is 13.8 Å². The number of nitrogens with zero attached hydrogens (tertiary/aromatic N) is 3. The van der Waals surface area contributed by atoms with Crippen LogP contribution in [0.5, 0.6) is 0 Å². The quantitative estimate of drug-likeness (QED) is 0.937. The van der Waals surface area contributed by atoms with Gasteiger partial charge in [-0.3, -0.25) is 9.69 Å². The third kappa shape index (κ3) is 2.24. The molecule has 2 rings (SSSR count). The summed E-state index contributed by atoms with van der Waals surface area (Å²) in [4.78, 5) is 34.4. The van der Waals surface area contributed by atoms with Gasteiger partial charge < -0.3 is 5.11 Å². The molecule has 2 aromatic rings. The number of amides is 1. The van der Waals surface area contributed by atoms with Crippen molar-refractivity contribution in [3.8, 4) is 0 Å². The Hall–Kier alpha value is -2.02. The van der Waals surface area contributed by atoms with Crippen LogP contribution >= 0.6 is 11.3 Å². The number of carboxylic acid groups (broad SMARTS) is 1. The van der Waals surface area contributed by atoms with Crippen LogP contribution in [0.4, 0.5) is 5.82 Å². The Bertz CT molecular complexity index is 695. The molecular weight excluding hydrogens is 278 g/mol. The molecule has 0 aliphatic carbocycles. The van der Waals surface area contributed by atoms with Gasteiger partial charge in [0, 0.05) is 11.8 Å². The summed E-state index contributed by atoms with van der Waals surface area (Å²) < 4.78 is 0. The smallest absolute Gasteiger partial charge is 0.326 e. The number of anilines is 1. The maximum absolute atomic E-state index is 11.9. The predicted molar refractivity (Wildman–Crippen MR) is 77.1 cm³/mol. The first-order valence-electron chi connectivity index (χ1n) is 6.08. The highest BCUT2D eigenvalue weighted by Gasteiger charge is 2.28. The van der Waals surface area contributed by atoms with Crippen molar-refractivity contribution in [3.05, 3.63) is 16.8 Å². The lowest BCUT2D eigenvalue weighted by atomic mass is 10.2. The van der Waals surface area contributed by atoms with Gasteiger partial charge in [0.05, 0.1) is 5.39 Å². The van der Waals surface area contributed by atoms with Gasteiger partial charge in [-0.25, -0.2) is 14.8 Å². The minimum Gasteiger partial charge on any atom is -0.480 e. The molecule has 2 heterocycles. The minimum atomic E-state index is -1.07. The molecule has 0 bridgehead atoms. The normalized spacial score (nSPS) is 12.4. The van der Waals surface area contributed by atoms with Gasteiger partial charge in [0.15, 0.2) is 0 Å². The number of aryl methyl sites for hydroxylation is 2. The molecule has 0 radical (unpaired) electrons. The maximum Gasteiger partial charge on any atom is 0.326 e. The second kappa shape index (κ2) is 5.16. The molecule has 0 aliphatic rings. The first kappa shape index (κ1) is 14.4. The van der Waals surface area contributed by atoms with Gasteiger partial charge >= 0.3 is 5.97 Å². The summed E-state index contributed by atoms with van der Waals surface area (Å²) in [5, 5.41) is 9.92. The topological polar surface area (TPSA) is 83.4 Å². The Morgan fingerprint density at radius 3 is 2.55 bits per heavy atom. The highest BCUT2D eigenvalue weighted by atomic mass is 32.1. The van der Waals surface area contributed by atoms with Crippen LogP contribution in [0.1, 0.15) is 24.3 Å². The highest BCUT2D eigenvalue weighted by molar-refractivity contribution is 7.18. The van der Waals surface area contributed by atoms with Crippen molar-refractivity contribution in [1.82, 2.24) is 9.97 Å². The monoisotopic (exact) mass is 293 g/mol.